The van der Waals surface area contributed by atoms with Crippen LogP contribution < -0.4 is 19.5 Å². The van der Waals surface area contributed by atoms with Crippen molar-refractivity contribution in [3.05, 3.63) is 29.8 Å². The Kier molecular flexibility index (Phi) is 8.33. The van der Waals surface area contributed by atoms with E-state index in [2.05, 4.69) is 27.7 Å². The van der Waals surface area contributed by atoms with Crippen molar-refractivity contribution < 1.29 is 24.3 Å². The molecular formula is C19H29NO4. The third-order valence-corrected chi connectivity index (χ3v) is 3.81. The SMILES string of the molecule is CCOc1cc(/C=C/C(=O)[O-])ccc1OCC[NH+](C(C)C)C(C)C. The second kappa shape index (κ2) is 9.98. The van der Waals surface area contributed by atoms with Gasteiger partial charge in [0.2, 0.25) is 0 Å². The molecule has 1 aromatic rings. The Balaban J connectivity index is 2.78. The fourth-order valence-electron chi connectivity index (χ4n) is 2.70. The van der Waals surface area contributed by atoms with Gasteiger partial charge in [-0.05, 0) is 58.4 Å². The smallest absolute Gasteiger partial charge is 0.161 e. The molecule has 0 heterocycles. The molecule has 24 heavy (non-hydrogen) atoms. The summed E-state index contributed by atoms with van der Waals surface area (Å²) < 4.78 is 11.5. The summed E-state index contributed by atoms with van der Waals surface area (Å²) in [5, 5.41) is 10.5. The van der Waals surface area contributed by atoms with Crippen LogP contribution in [0.3, 0.4) is 0 Å². The molecule has 0 saturated heterocycles. The van der Waals surface area contributed by atoms with Gasteiger partial charge in [-0.1, -0.05) is 12.1 Å². The monoisotopic (exact) mass is 335 g/mol. The predicted octanol–water partition coefficient (Wildman–Crippen LogP) is 0.929. The number of carboxylic acids is 1. The van der Waals surface area contributed by atoms with E-state index in [-0.39, 0.29) is 0 Å². The highest BCUT2D eigenvalue weighted by Crippen LogP contribution is 2.28. The lowest BCUT2D eigenvalue weighted by Gasteiger charge is -2.27. The molecule has 1 aromatic carbocycles. The molecule has 0 aliphatic rings. The largest absolute Gasteiger partial charge is 0.545 e. The van der Waals surface area contributed by atoms with Crippen LogP contribution in [0.5, 0.6) is 11.5 Å². The second-order valence-corrected chi connectivity index (χ2v) is 6.27. The van der Waals surface area contributed by atoms with Gasteiger partial charge in [-0.15, -0.1) is 0 Å². The maximum atomic E-state index is 10.5. The number of hydrogen-bond acceptors (Lipinski definition) is 4. The molecule has 0 saturated carbocycles. The van der Waals surface area contributed by atoms with E-state index in [0.29, 0.717) is 36.8 Å². The highest BCUT2D eigenvalue weighted by molar-refractivity contribution is 5.83. The van der Waals surface area contributed by atoms with Gasteiger partial charge in [0.05, 0.1) is 24.7 Å². The lowest BCUT2D eigenvalue weighted by Crippen LogP contribution is -3.18. The summed E-state index contributed by atoms with van der Waals surface area (Å²) in [6.07, 6.45) is 2.48. The quantitative estimate of drug-likeness (QED) is 0.646. The number of ether oxygens (including phenoxy) is 2. The van der Waals surface area contributed by atoms with Gasteiger partial charge in [0.15, 0.2) is 11.5 Å². The van der Waals surface area contributed by atoms with Crippen molar-refractivity contribution in [1.82, 2.24) is 0 Å². The minimum Gasteiger partial charge on any atom is -0.545 e. The molecule has 5 heteroatoms. The third-order valence-electron chi connectivity index (χ3n) is 3.81. The lowest BCUT2D eigenvalue weighted by molar-refractivity contribution is -0.942. The summed E-state index contributed by atoms with van der Waals surface area (Å²) in [6, 6.07) is 6.46. The molecule has 0 radical (unpaired) electrons. The number of quaternary nitrogens is 1. The Morgan fingerprint density at radius 2 is 1.83 bits per heavy atom. The molecule has 0 amide bonds. The number of benzene rings is 1. The van der Waals surface area contributed by atoms with Gasteiger partial charge in [0, 0.05) is 0 Å². The Morgan fingerprint density at radius 1 is 1.17 bits per heavy atom. The first-order valence-corrected chi connectivity index (χ1v) is 8.49. The van der Waals surface area contributed by atoms with E-state index in [1.165, 1.54) is 11.0 Å². The average Bonchev–Trinajstić information content (AvgIpc) is 2.50. The van der Waals surface area contributed by atoms with Crippen LogP contribution in [-0.4, -0.2) is 37.8 Å². The van der Waals surface area contributed by atoms with Crippen molar-refractivity contribution in [2.75, 3.05) is 19.8 Å². The zero-order valence-corrected chi connectivity index (χ0v) is 15.3. The van der Waals surface area contributed by atoms with Gasteiger partial charge in [-0.25, -0.2) is 0 Å². The van der Waals surface area contributed by atoms with Crippen molar-refractivity contribution in [2.45, 2.75) is 46.7 Å². The van der Waals surface area contributed by atoms with Gasteiger partial charge in [0.1, 0.15) is 13.2 Å². The van der Waals surface area contributed by atoms with Gasteiger partial charge >= 0.3 is 0 Å². The van der Waals surface area contributed by atoms with E-state index < -0.39 is 5.97 Å². The summed E-state index contributed by atoms with van der Waals surface area (Å²) in [4.78, 5) is 12.0. The first-order valence-electron chi connectivity index (χ1n) is 8.49. The Labute approximate surface area is 144 Å². The van der Waals surface area contributed by atoms with Crippen molar-refractivity contribution in [3.63, 3.8) is 0 Å². The zero-order chi connectivity index (χ0) is 18.1. The van der Waals surface area contributed by atoms with Crippen LogP contribution in [0.1, 0.15) is 40.2 Å². The fraction of sp³-hybridized carbons (Fsp3) is 0.526. The van der Waals surface area contributed by atoms with Crippen molar-refractivity contribution in [1.29, 1.82) is 0 Å². The summed E-state index contributed by atoms with van der Waals surface area (Å²) in [6.45, 7) is 12.8. The molecule has 5 nitrogen and oxygen atoms in total. The van der Waals surface area contributed by atoms with Crippen LogP contribution in [-0.2, 0) is 4.79 Å². The lowest BCUT2D eigenvalue weighted by atomic mass is 10.2. The number of hydrogen-bond donors (Lipinski definition) is 1. The first-order chi connectivity index (χ1) is 11.3. The minimum atomic E-state index is -1.22. The zero-order valence-electron chi connectivity index (χ0n) is 15.3. The predicted molar refractivity (Wildman–Crippen MR) is 93.2 cm³/mol. The van der Waals surface area contributed by atoms with Crippen LogP contribution in [0.4, 0.5) is 0 Å². The third kappa shape index (κ3) is 6.62. The van der Waals surface area contributed by atoms with Gasteiger partial charge in [0.25, 0.3) is 0 Å². The summed E-state index contributed by atoms with van der Waals surface area (Å²) >= 11 is 0. The van der Waals surface area contributed by atoms with Crippen LogP contribution in [0.25, 0.3) is 6.08 Å². The summed E-state index contributed by atoms with van der Waals surface area (Å²) in [5.41, 5.74) is 0.728. The fourth-order valence-corrected chi connectivity index (χ4v) is 2.70. The summed E-state index contributed by atoms with van der Waals surface area (Å²) in [5.74, 6) is 0.0710. The van der Waals surface area contributed by atoms with Crippen LogP contribution in [0, 0.1) is 0 Å². The Bertz CT molecular complexity index is 544. The normalized spacial score (nSPS) is 11.7. The number of aliphatic carboxylic acids is 1. The molecule has 0 bridgehead atoms. The average molecular weight is 335 g/mol. The van der Waals surface area contributed by atoms with E-state index in [1.54, 1.807) is 12.1 Å². The molecule has 0 unspecified atom stereocenters. The van der Waals surface area contributed by atoms with Crippen LogP contribution in [0.2, 0.25) is 0 Å². The molecule has 0 atom stereocenters. The number of carboxylic acid groups (broad SMARTS) is 1. The molecule has 134 valence electrons. The molecule has 0 aliphatic carbocycles. The first kappa shape index (κ1) is 20.0. The van der Waals surface area contributed by atoms with E-state index >= 15 is 0 Å². The van der Waals surface area contributed by atoms with Crippen molar-refractivity contribution >= 4 is 12.0 Å². The highest BCUT2D eigenvalue weighted by atomic mass is 16.5. The van der Waals surface area contributed by atoms with Crippen molar-refractivity contribution in [3.8, 4) is 11.5 Å². The number of nitrogens with one attached hydrogen (secondary N) is 1. The molecule has 0 fully saturated rings. The maximum absolute atomic E-state index is 10.5. The second-order valence-electron chi connectivity index (χ2n) is 6.27. The molecule has 0 aliphatic heterocycles. The van der Waals surface area contributed by atoms with Gasteiger partial charge < -0.3 is 24.3 Å². The van der Waals surface area contributed by atoms with E-state index in [9.17, 15) is 9.90 Å². The number of rotatable bonds is 10. The number of carbonyl (C=O) groups is 1. The number of carbonyl (C=O) groups excluding carboxylic acids is 1. The van der Waals surface area contributed by atoms with Crippen LogP contribution in [0.15, 0.2) is 24.3 Å². The maximum Gasteiger partial charge on any atom is 0.161 e. The van der Waals surface area contributed by atoms with E-state index in [1.807, 2.05) is 13.0 Å². The summed E-state index contributed by atoms with van der Waals surface area (Å²) in [7, 11) is 0. The van der Waals surface area contributed by atoms with E-state index in [0.717, 1.165) is 18.2 Å². The van der Waals surface area contributed by atoms with Crippen LogP contribution >= 0.6 is 0 Å². The topological polar surface area (TPSA) is 63.0 Å². The van der Waals surface area contributed by atoms with Gasteiger partial charge in [-0.3, -0.25) is 0 Å². The van der Waals surface area contributed by atoms with Crippen molar-refractivity contribution in [2.24, 2.45) is 0 Å². The van der Waals surface area contributed by atoms with E-state index in [4.69, 9.17) is 9.47 Å². The molecular weight excluding hydrogens is 306 g/mol. The van der Waals surface area contributed by atoms with Gasteiger partial charge in [-0.2, -0.15) is 0 Å². The standard InChI is InChI=1S/C19H29NO4/c1-6-23-18-13-16(8-10-19(21)22)7-9-17(18)24-12-11-20(14(2)3)15(4)5/h7-10,13-15H,6,11-12H2,1-5H3,(H,21,22)/b10-8+. The highest BCUT2D eigenvalue weighted by Gasteiger charge is 2.17. The molecule has 1 N–H and O–H groups in total. The molecule has 0 spiro atoms. The Hall–Kier alpha value is -2.01. The minimum absolute atomic E-state index is 0.513. The molecule has 0 aromatic heterocycles. The Morgan fingerprint density at radius 3 is 2.38 bits per heavy atom. The molecule has 1 rings (SSSR count).